The van der Waals surface area contributed by atoms with Gasteiger partial charge in [-0.1, -0.05) is 35.8 Å². The van der Waals surface area contributed by atoms with Gasteiger partial charge in [0.1, 0.15) is 0 Å². The Labute approximate surface area is 111 Å². The van der Waals surface area contributed by atoms with Gasteiger partial charge in [-0.3, -0.25) is 0 Å². The molecular formula is C13H15ClN2O2. The monoisotopic (exact) mass is 266 g/mol. The number of aromatic nitrogens is 2. The summed E-state index contributed by atoms with van der Waals surface area (Å²) in [5.74, 6) is 0.922. The highest BCUT2D eigenvalue weighted by Crippen LogP contribution is 2.18. The lowest BCUT2D eigenvalue weighted by atomic mass is 10.1. The van der Waals surface area contributed by atoms with Crippen LogP contribution in [0.3, 0.4) is 0 Å². The second-order valence-corrected chi connectivity index (χ2v) is 4.82. The van der Waals surface area contributed by atoms with Crippen LogP contribution < -0.4 is 0 Å². The molecule has 2 unspecified atom stereocenters. The highest BCUT2D eigenvalue weighted by Gasteiger charge is 2.18. The molecule has 1 N–H and O–H groups in total. The predicted molar refractivity (Wildman–Crippen MR) is 68.7 cm³/mol. The number of aliphatic hydroxyl groups excluding tert-OH is 1. The van der Waals surface area contributed by atoms with E-state index in [2.05, 4.69) is 10.1 Å². The van der Waals surface area contributed by atoms with E-state index >= 15 is 0 Å². The third kappa shape index (κ3) is 3.09. The number of hydrogen-bond donors (Lipinski definition) is 1. The molecule has 0 amide bonds. The molecule has 1 aromatic carbocycles. The SMILES string of the molecule is CC(O)C(C)c1nc(Cc2ccc(Cl)cc2)no1. The summed E-state index contributed by atoms with van der Waals surface area (Å²) >= 11 is 5.82. The van der Waals surface area contributed by atoms with E-state index in [1.165, 1.54) is 0 Å². The maximum atomic E-state index is 9.46. The first-order valence-corrected chi connectivity index (χ1v) is 6.19. The molecule has 0 spiro atoms. The van der Waals surface area contributed by atoms with Crippen LogP contribution in [-0.2, 0) is 6.42 Å². The Balaban J connectivity index is 2.09. The van der Waals surface area contributed by atoms with Gasteiger partial charge in [-0.25, -0.2) is 0 Å². The van der Waals surface area contributed by atoms with E-state index < -0.39 is 6.10 Å². The van der Waals surface area contributed by atoms with Crippen molar-refractivity contribution in [2.75, 3.05) is 0 Å². The fraction of sp³-hybridized carbons (Fsp3) is 0.385. The number of benzene rings is 1. The minimum atomic E-state index is -0.506. The molecule has 5 heteroatoms. The molecule has 0 saturated carbocycles. The average Bonchev–Trinajstić information content (AvgIpc) is 2.79. The molecular weight excluding hydrogens is 252 g/mol. The first kappa shape index (κ1) is 13.1. The van der Waals surface area contributed by atoms with Crippen LogP contribution in [0.25, 0.3) is 0 Å². The smallest absolute Gasteiger partial charge is 0.232 e. The zero-order valence-electron chi connectivity index (χ0n) is 10.3. The second-order valence-electron chi connectivity index (χ2n) is 4.38. The van der Waals surface area contributed by atoms with Gasteiger partial charge in [0.15, 0.2) is 5.82 Å². The minimum Gasteiger partial charge on any atom is -0.393 e. The van der Waals surface area contributed by atoms with Gasteiger partial charge in [-0.2, -0.15) is 4.98 Å². The Bertz CT molecular complexity index is 508. The Kier molecular flexibility index (Phi) is 3.99. The van der Waals surface area contributed by atoms with Crippen molar-refractivity contribution < 1.29 is 9.63 Å². The lowest BCUT2D eigenvalue weighted by Crippen LogP contribution is -2.11. The molecule has 0 radical (unpaired) electrons. The summed E-state index contributed by atoms with van der Waals surface area (Å²) in [5.41, 5.74) is 1.07. The fourth-order valence-corrected chi connectivity index (χ4v) is 1.64. The van der Waals surface area contributed by atoms with Crippen LogP contribution in [0.4, 0.5) is 0 Å². The average molecular weight is 267 g/mol. The standard InChI is InChI=1S/C13H15ClN2O2/c1-8(9(2)17)13-15-12(16-18-13)7-10-3-5-11(14)6-4-10/h3-6,8-9,17H,7H2,1-2H3. The number of halogens is 1. The molecule has 0 aliphatic rings. The zero-order chi connectivity index (χ0) is 13.1. The minimum absolute atomic E-state index is 0.156. The van der Waals surface area contributed by atoms with Crippen molar-refractivity contribution in [3.63, 3.8) is 0 Å². The van der Waals surface area contributed by atoms with Crippen LogP contribution in [0.15, 0.2) is 28.8 Å². The third-order valence-corrected chi connectivity index (χ3v) is 3.12. The summed E-state index contributed by atoms with van der Waals surface area (Å²) in [6.45, 7) is 3.55. The van der Waals surface area contributed by atoms with Crippen LogP contribution in [0.1, 0.15) is 37.0 Å². The number of nitrogens with zero attached hydrogens (tertiary/aromatic N) is 2. The van der Waals surface area contributed by atoms with Crippen LogP contribution in [0, 0.1) is 0 Å². The van der Waals surface area contributed by atoms with E-state index in [4.69, 9.17) is 16.1 Å². The molecule has 0 aliphatic heterocycles. The van der Waals surface area contributed by atoms with E-state index in [1.807, 2.05) is 31.2 Å². The largest absolute Gasteiger partial charge is 0.393 e. The highest BCUT2D eigenvalue weighted by molar-refractivity contribution is 6.30. The number of aliphatic hydroxyl groups is 1. The van der Waals surface area contributed by atoms with Gasteiger partial charge >= 0.3 is 0 Å². The van der Waals surface area contributed by atoms with Crippen LogP contribution in [-0.4, -0.2) is 21.4 Å². The van der Waals surface area contributed by atoms with Crippen LogP contribution >= 0.6 is 11.6 Å². The molecule has 2 aromatic rings. The van der Waals surface area contributed by atoms with Crippen LogP contribution in [0.5, 0.6) is 0 Å². The first-order chi connectivity index (χ1) is 8.56. The molecule has 96 valence electrons. The van der Waals surface area contributed by atoms with Gasteiger partial charge in [0.25, 0.3) is 0 Å². The van der Waals surface area contributed by atoms with E-state index in [0.29, 0.717) is 23.2 Å². The number of rotatable bonds is 4. The molecule has 1 aromatic heterocycles. The van der Waals surface area contributed by atoms with Gasteiger partial charge in [0.05, 0.1) is 12.0 Å². The maximum Gasteiger partial charge on any atom is 0.232 e. The third-order valence-electron chi connectivity index (χ3n) is 2.87. The van der Waals surface area contributed by atoms with Crippen molar-refractivity contribution in [3.8, 4) is 0 Å². The molecule has 0 bridgehead atoms. The summed E-state index contributed by atoms with van der Waals surface area (Å²) in [6.07, 6.45) is 0.0848. The molecule has 2 rings (SSSR count). The van der Waals surface area contributed by atoms with E-state index in [-0.39, 0.29) is 5.92 Å². The normalized spacial score (nSPS) is 14.4. The topological polar surface area (TPSA) is 59.2 Å². The summed E-state index contributed by atoms with van der Waals surface area (Å²) in [5, 5.41) is 14.1. The van der Waals surface area contributed by atoms with Crippen molar-refractivity contribution in [2.45, 2.75) is 32.3 Å². The second kappa shape index (κ2) is 5.50. The number of hydrogen-bond acceptors (Lipinski definition) is 4. The van der Waals surface area contributed by atoms with Gasteiger partial charge in [0, 0.05) is 11.4 Å². The Morgan fingerprint density at radius 3 is 2.56 bits per heavy atom. The summed E-state index contributed by atoms with van der Waals surface area (Å²) in [7, 11) is 0. The van der Waals surface area contributed by atoms with Crippen molar-refractivity contribution in [3.05, 3.63) is 46.6 Å². The van der Waals surface area contributed by atoms with Crippen molar-refractivity contribution in [1.82, 2.24) is 10.1 Å². The quantitative estimate of drug-likeness (QED) is 0.924. The van der Waals surface area contributed by atoms with Crippen LogP contribution in [0.2, 0.25) is 5.02 Å². The summed E-state index contributed by atoms with van der Waals surface area (Å²) in [4.78, 5) is 4.28. The highest BCUT2D eigenvalue weighted by atomic mass is 35.5. The fourth-order valence-electron chi connectivity index (χ4n) is 1.52. The molecule has 1 heterocycles. The predicted octanol–water partition coefficient (Wildman–Crippen LogP) is 2.80. The van der Waals surface area contributed by atoms with Crippen molar-refractivity contribution in [1.29, 1.82) is 0 Å². The zero-order valence-corrected chi connectivity index (χ0v) is 11.1. The van der Waals surface area contributed by atoms with Gasteiger partial charge < -0.3 is 9.63 Å². The summed E-state index contributed by atoms with van der Waals surface area (Å²) in [6, 6.07) is 7.51. The molecule has 0 aliphatic carbocycles. The Morgan fingerprint density at radius 2 is 1.94 bits per heavy atom. The van der Waals surface area contributed by atoms with Crippen molar-refractivity contribution >= 4 is 11.6 Å². The Hall–Kier alpha value is -1.39. The van der Waals surface area contributed by atoms with E-state index in [1.54, 1.807) is 6.92 Å². The lowest BCUT2D eigenvalue weighted by Gasteiger charge is -2.07. The molecule has 4 nitrogen and oxygen atoms in total. The van der Waals surface area contributed by atoms with Gasteiger partial charge in [-0.05, 0) is 24.6 Å². The molecule has 18 heavy (non-hydrogen) atoms. The molecule has 2 atom stereocenters. The Morgan fingerprint density at radius 1 is 1.28 bits per heavy atom. The lowest BCUT2D eigenvalue weighted by molar-refractivity contribution is 0.151. The molecule has 0 saturated heterocycles. The maximum absolute atomic E-state index is 9.46. The van der Waals surface area contributed by atoms with E-state index in [9.17, 15) is 5.11 Å². The van der Waals surface area contributed by atoms with Gasteiger partial charge in [0.2, 0.25) is 5.89 Å². The van der Waals surface area contributed by atoms with Crippen molar-refractivity contribution in [2.24, 2.45) is 0 Å². The first-order valence-electron chi connectivity index (χ1n) is 5.81. The molecule has 0 fully saturated rings. The van der Waals surface area contributed by atoms with Gasteiger partial charge in [-0.15, -0.1) is 0 Å². The summed E-state index contributed by atoms with van der Waals surface area (Å²) < 4.78 is 5.14. The van der Waals surface area contributed by atoms with E-state index in [0.717, 1.165) is 5.56 Å².